The van der Waals surface area contributed by atoms with E-state index in [-0.39, 0.29) is 91.7 Å². The minimum Gasteiger partial charge on any atom is -1.00 e. The van der Waals surface area contributed by atoms with E-state index < -0.39 is 76.5 Å². The van der Waals surface area contributed by atoms with Crippen LogP contribution in [-0.2, 0) is 66.7 Å². The van der Waals surface area contributed by atoms with E-state index in [2.05, 4.69) is 26.9 Å². The molecule has 2 N–H and O–H groups in total. The van der Waals surface area contributed by atoms with Gasteiger partial charge < -0.3 is 70.3 Å². The number of likely N-dealkylation sites (tertiary alicyclic amines) is 2. The fourth-order valence-electron chi connectivity index (χ4n) is 10.4. The predicted octanol–water partition coefficient (Wildman–Crippen LogP) is 4.26. The van der Waals surface area contributed by atoms with E-state index in [0.29, 0.717) is 44.7 Å². The Morgan fingerprint density at radius 1 is 0.448 bits per heavy atom. The van der Waals surface area contributed by atoms with Gasteiger partial charge in [0.1, 0.15) is 59.7 Å². The van der Waals surface area contributed by atoms with Crippen molar-refractivity contribution in [2.24, 2.45) is 17.8 Å². The molecule has 5 amide bonds. The molecule has 0 aliphatic carbocycles. The first kappa shape index (κ1) is 76.7. The van der Waals surface area contributed by atoms with Gasteiger partial charge in [0.25, 0.3) is 5.91 Å². The van der Waals surface area contributed by atoms with Gasteiger partial charge in [0.15, 0.2) is 6.04 Å². The second-order valence-electron chi connectivity index (χ2n) is 26.9. The van der Waals surface area contributed by atoms with Gasteiger partial charge in [0, 0.05) is 37.3 Å². The van der Waals surface area contributed by atoms with Crippen molar-refractivity contribution in [3.63, 3.8) is 0 Å². The van der Waals surface area contributed by atoms with Gasteiger partial charge in [-0.1, -0.05) is 57.2 Å². The molecule has 25 heteroatoms. The summed E-state index contributed by atoms with van der Waals surface area (Å²) >= 11 is 0. The fraction of sp³-hybridized carbons (Fsp3) is 0.742. The summed E-state index contributed by atoms with van der Waals surface area (Å²) in [7, 11) is 2.65. The summed E-state index contributed by atoms with van der Waals surface area (Å²) in [6, 6.07) is -1.71. The number of halogens is 1. The number of quaternary nitrogens is 1. The molecule has 494 valence electrons. The van der Waals surface area contributed by atoms with Crippen LogP contribution in [0.3, 0.4) is 0 Å². The van der Waals surface area contributed by atoms with Crippen LogP contribution in [0.15, 0.2) is 36.5 Å². The van der Waals surface area contributed by atoms with Gasteiger partial charge in [-0.3, -0.25) is 38.6 Å². The van der Waals surface area contributed by atoms with Crippen LogP contribution >= 0.6 is 0 Å². The molecule has 0 unspecified atom stereocenters. The number of hydrogen-bond acceptors (Lipinski definition) is 18. The zero-order chi connectivity index (χ0) is 65.4. The smallest absolute Gasteiger partial charge is 0.519 e. The van der Waals surface area contributed by atoms with Crippen molar-refractivity contribution in [1.82, 2.24) is 24.5 Å². The first-order valence-electron chi connectivity index (χ1n) is 29.9. The number of hydrogen-bond donors (Lipinski definition) is 1. The average Bonchev–Trinajstić information content (AvgIpc) is 1.73. The van der Waals surface area contributed by atoms with Crippen molar-refractivity contribution < 1.29 is 104 Å². The van der Waals surface area contributed by atoms with Crippen LogP contribution in [0.25, 0.3) is 0 Å². The highest BCUT2D eigenvalue weighted by Gasteiger charge is 2.49. The number of fused-ring (bicyclic) bond motifs is 3. The Morgan fingerprint density at radius 2 is 0.770 bits per heavy atom. The van der Waals surface area contributed by atoms with E-state index in [4.69, 9.17) is 28.4 Å². The number of ether oxygens (including phenoxy) is 8. The number of esters is 3. The molecule has 0 aromatic heterocycles. The summed E-state index contributed by atoms with van der Waals surface area (Å²) < 4.78 is 39.6. The van der Waals surface area contributed by atoms with Crippen molar-refractivity contribution >= 4 is 60.1 Å². The Balaban J connectivity index is 0.000000405. The maximum atomic E-state index is 13.4. The molecule has 87 heavy (non-hydrogen) atoms. The SMILES string of the molecule is CC(C)(C)OC(=O)OC(=O)OC(C)(C)C.CC[C@@H]1C=C[C@H]2CCN(C(=O)OC(C)(C)C)[C@@H]2C(=O)N1CC(=O)OC.CC[C@@H]1C=C[C@H]2CCN(C(=O)OC(C)(C)C)[C@@H]2C(=O)N1CC(=O)OC(C)(C)C.CC[C@@H]1C=C[C@H]2CC[NH2+][C@@H]2C(=O)N1CC(=O)OC.[Cl-]. The number of carbonyl (C=O) groups excluding carboxylic acids is 10. The molecule has 3 saturated heterocycles. The minimum absolute atomic E-state index is 0. The molecule has 6 heterocycles. The highest BCUT2D eigenvalue weighted by Crippen LogP contribution is 2.34. The van der Waals surface area contributed by atoms with Crippen LogP contribution < -0.4 is 17.7 Å². The van der Waals surface area contributed by atoms with Crippen LogP contribution in [0.5, 0.6) is 0 Å². The molecule has 6 aliphatic rings. The lowest BCUT2D eigenvalue weighted by atomic mass is 10.00. The maximum absolute atomic E-state index is 13.4. The highest BCUT2D eigenvalue weighted by molar-refractivity contribution is 5.91. The molecular weight excluding hydrogens is 1150 g/mol. The molecular formula is C62H101ClN6O18. The molecule has 6 aliphatic heterocycles. The molecule has 24 nitrogen and oxygen atoms in total. The van der Waals surface area contributed by atoms with Crippen molar-refractivity contribution in [3.05, 3.63) is 36.5 Å². The monoisotopic (exact) mass is 1250 g/mol. The second-order valence-corrected chi connectivity index (χ2v) is 26.9. The lowest BCUT2D eigenvalue weighted by Crippen LogP contribution is -3.00. The summed E-state index contributed by atoms with van der Waals surface area (Å²) in [5.74, 6) is -1.48. The predicted molar refractivity (Wildman–Crippen MR) is 317 cm³/mol. The zero-order valence-corrected chi connectivity index (χ0v) is 55.9. The number of amides is 5. The Hall–Kier alpha value is -6.43. The van der Waals surface area contributed by atoms with E-state index in [1.165, 1.54) is 33.8 Å². The number of rotatable bonds is 9. The average molecular weight is 1250 g/mol. The lowest BCUT2D eigenvalue weighted by Gasteiger charge is -2.34. The van der Waals surface area contributed by atoms with Gasteiger partial charge in [-0.25, -0.2) is 19.2 Å². The Labute approximate surface area is 521 Å². The van der Waals surface area contributed by atoms with Gasteiger partial charge in [-0.05, 0) is 136 Å². The molecule has 6 rings (SSSR count). The molecule has 9 atom stereocenters. The number of methoxy groups -OCH3 is 2. The third kappa shape index (κ3) is 24.6. The molecule has 0 saturated carbocycles. The Morgan fingerprint density at radius 3 is 1.09 bits per heavy atom. The van der Waals surface area contributed by atoms with Crippen molar-refractivity contribution in [2.75, 3.05) is 53.5 Å². The van der Waals surface area contributed by atoms with Crippen LogP contribution in [0.2, 0.25) is 0 Å². The third-order valence-corrected chi connectivity index (χ3v) is 14.1. The van der Waals surface area contributed by atoms with Crippen molar-refractivity contribution in [3.8, 4) is 0 Å². The number of nitrogens with zero attached hydrogens (tertiary/aromatic N) is 5. The Kier molecular flexibility index (Phi) is 28.8. The van der Waals surface area contributed by atoms with E-state index in [1.807, 2.05) is 45.1 Å². The van der Waals surface area contributed by atoms with E-state index in [0.717, 1.165) is 19.4 Å². The molecule has 3 fully saturated rings. The summed E-state index contributed by atoms with van der Waals surface area (Å²) in [6.07, 6.45) is 13.7. The van der Waals surface area contributed by atoms with Gasteiger partial charge in [0.2, 0.25) is 11.8 Å². The second kappa shape index (κ2) is 32.7. The Bertz CT molecular complexity index is 2460. The quantitative estimate of drug-likeness (QED) is 0.146. The molecule has 0 radical (unpaired) electrons. The maximum Gasteiger partial charge on any atom is 0.519 e. The summed E-state index contributed by atoms with van der Waals surface area (Å²) in [5.41, 5.74) is -3.28. The van der Waals surface area contributed by atoms with Crippen LogP contribution in [0, 0.1) is 17.8 Å². The standard InChI is InChI=1S/C21H34N2O5.C18H28N2O5.C13H20N2O3.C10H18O5.ClH/c1-8-15-10-9-14-11-12-22(19(26)28-21(5,6)7)17(14)18(25)23(15)13-16(24)27-20(2,3)4;1-6-13-8-7-12-9-10-19(17(23)25-18(2,3)4)15(12)16(22)20(13)11-14(21)24-5;1-3-10-5-4-9-6-7-14-12(9)13(17)15(10)8-11(16)18-2;1-9(2,3)14-7(11)13-8(12)15-10(4,5)6;/h9-10,14-15,17H,8,11-13H2,1-7H3;7-8,12-13,15H,6,9-11H2,1-5H3;4-5,9-10,12,14H,3,6-8H2,1-2H3;1-6H3;1H/t14-,15+,17-;12-,13+,15-;9-,10+,12-;;/m000../s1. The van der Waals surface area contributed by atoms with Crippen LogP contribution in [0.4, 0.5) is 19.2 Å². The number of carbonyl (C=O) groups is 10. The molecule has 0 spiro atoms. The highest BCUT2D eigenvalue weighted by atomic mass is 35.5. The lowest BCUT2D eigenvalue weighted by molar-refractivity contribution is -0.660. The first-order chi connectivity index (χ1) is 39.7. The van der Waals surface area contributed by atoms with E-state index in [1.54, 1.807) is 109 Å². The first-order valence-corrected chi connectivity index (χ1v) is 29.9. The van der Waals surface area contributed by atoms with Gasteiger partial charge in [-0.2, -0.15) is 0 Å². The van der Waals surface area contributed by atoms with Gasteiger partial charge in [-0.15, -0.1) is 0 Å². The van der Waals surface area contributed by atoms with Gasteiger partial charge >= 0.3 is 42.4 Å². The zero-order valence-electron chi connectivity index (χ0n) is 55.2. The molecule has 0 bridgehead atoms. The van der Waals surface area contributed by atoms with Crippen LogP contribution in [-0.4, -0.2) is 202 Å². The van der Waals surface area contributed by atoms with Gasteiger partial charge in [0.05, 0.1) is 38.9 Å². The summed E-state index contributed by atoms with van der Waals surface area (Å²) in [4.78, 5) is 130. The van der Waals surface area contributed by atoms with Crippen LogP contribution in [0.1, 0.15) is 163 Å². The third-order valence-electron chi connectivity index (χ3n) is 14.1. The van der Waals surface area contributed by atoms with Crippen molar-refractivity contribution in [1.29, 1.82) is 0 Å². The molecule has 0 aromatic rings. The largest absolute Gasteiger partial charge is 1.00 e. The summed E-state index contributed by atoms with van der Waals surface area (Å²) in [6.45, 7) is 33.8. The van der Waals surface area contributed by atoms with E-state index >= 15 is 0 Å². The number of nitrogens with two attached hydrogens (primary N) is 1. The van der Waals surface area contributed by atoms with Crippen molar-refractivity contribution in [2.45, 2.75) is 227 Å². The normalized spacial score (nSPS) is 24.2. The minimum atomic E-state index is -1.06. The van der Waals surface area contributed by atoms with E-state index in [9.17, 15) is 47.9 Å². The fourth-order valence-corrected chi connectivity index (χ4v) is 10.4. The molecule has 0 aromatic carbocycles. The topological polar surface area (TPSA) is 277 Å². The summed E-state index contributed by atoms with van der Waals surface area (Å²) in [5, 5.41) is 2.08.